The summed E-state index contributed by atoms with van der Waals surface area (Å²) in [7, 11) is -2.29. The smallest absolute Gasteiger partial charge is 0.311 e. The number of carbonyl (C=O) groups excluding carboxylic acids is 1. The third-order valence-electron chi connectivity index (χ3n) is 5.03. The van der Waals surface area contributed by atoms with Gasteiger partial charge in [-0.15, -0.1) is 0 Å². The molecule has 1 N–H and O–H groups in total. The lowest BCUT2D eigenvalue weighted by atomic mass is 9.60. The first-order valence-electron chi connectivity index (χ1n) is 6.82. The number of hydrogen-bond donors (Lipinski definition) is 1. The van der Waals surface area contributed by atoms with E-state index in [9.17, 15) is 18.3 Å². The summed E-state index contributed by atoms with van der Waals surface area (Å²) in [5.74, 6) is -1.04. The zero-order valence-corrected chi connectivity index (χ0v) is 12.9. The van der Waals surface area contributed by atoms with E-state index >= 15 is 0 Å². The lowest BCUT2D eigenvalue weighted by Crippen LogP contribution is -2.57. The zero-order valence-electron chi connectivity index (χ0n) is 12.1. The quantitative estimate of drug-likeness (QED) is 0.614. The number of fused-ring (bicyclic) bond motifs is 1. The lowest BCUT2D eigenvalue weighted by Gasteiger charge is -2.49. The van der Waals surface area contributed by atoms with E-state index in [0.29, 0.717) is 25.7 Å². The standard InChI is InChI=1S/C13H22O6S/c1-12-7-4-5-9(11(14)18-2)13(12,15)8-6-10(12)19-20(3,16)17/h9-10,15H,4-8H2,1-3H3/t9-,10-,12-,13+/m1/s1. The maximum Gasteiger partial charge on any atom is 0.311 e. The van der Waals surface area contributed by atoms with E-state index in [2.05, 4.69) is 0 Å². The summed E-state index contributed by atoms with van der Waals surface area (Å²) in [5, 5.41) is 11.0. The Hall–Kier alpha value is -0.660. The topological polar surface area (TPSA) is 89.9 Å². The van der Waals surface area contributed by atoms with E-state index < -0.39 is 39.1 Å². The van der Waals surface area contributed by atoms with Gasteiger partial charge in [-0.25, -0.2) is 0 Å². The van der Waals surface area contributed by atoms with Crippen LogP contribution in [-0.4, -0.2) is 44.6 Å². The van der Waals surface area contributed by atoms with Crippen molar-refractivity contribution in [2.45, 2.75) is 50.7 Å². The monoisotopic (exact) mass is 306 g/mol. The molecule has 0 amide bonds. The molecule has 2 aliphatic rings. The Balaban J connectivity index is 2.33. The van der Waals surface area contributed by atoms with Crippen LogP contribution in [0.5, 0.6) is 0 Å². The fourth-order valence-electron chi connectivity index (χ4n) is 3.92. The molecular weight excluding hydrogens is 284 g/mol. The number of methoxy groups -OCH3 is 1. The van der Waals surface area contributed by atoms with E-state index in [1.807, 2.05) is 6.92 Å². The van der Waals surface area contributed by atoms with Crippen LogP contribution in [0.3, 0.4) is 0 Å². The summed E-state index contributed by atoms with van der Waals surface area (Å²) in [6.07, 6.45) is 3.13. The van der Waals surface area contributed by atoms with Gasteiger partial charge in [0.2, 0.25) is 0 Å². The van der Waals surface area contributed by atoms with Gasteiger partial charge < -0.3 is 9.84 Å². The summed E-state index contributed by atoms with van der Waals surface area (Å²) in [4.78, 5) is 11.9. The Morgan fingerprint density at radius 3 is 2.50 bits per heavy atom. The van der Waals surface area contributed by atoms with Gasteiger partial charge in [0, 0.05) is 5.41 Å². The van der Waals surface area contributed by atoms with Crippen LogP contribution in [0.2, 0.25) is 0 Å². The summed E-state index contributed by atoms with van der Waals surface area (Å²) in [6, 6.07) is 0. The fourth-order valence-corrected chi connectivity index (χ4v) is 4.65. The van der Waals surface area contributed by atoms with Crippen molar-refractivity contribution in [1.29, 1.82) is 0 Å². The van der Waals surface area contributed by atoms with Crippen LogP contribution in [-0.2, 0) is 23.8 Å². The predicted octanol–water partition coefficient (Wildman–Crippen LogP) is 0.835. The summed E-state index contributed by atoms with van der Waals surface area (Å²) >= 11 is 0. The van der Waals surface area contributed by atoms with E-state index in [0.717, 1.165) is 12.7 Å². The van der Waals surface area contributed by atoms with E-state index in [1.165, 1.54) is 7.11 Å². The molecule has 0 saturated heterocycles. The molecule has 0 spiro atoms. The van der Waals surface area contributed by atoms with Crippen LogP contribution >= 0.6 is 0 Å². The van der Waals surface area contributed by atoms with Gasteiger partial charge in [0.25, 0.3) is 10.1 Å². The van der Waals surface area contributed by atoms with Gasteiger partial charge in [-0.3, -0.25) is 8.98 Å². The summed E-state index contributed by atoms with van der Waals surface area (Å²) in [6.45, 7) is 1.81. The van der Waals surface area contributed by atoms with Gasteiger partial charge in [0.05, 0.1) is 31.0 Å². The average molecular weight is 306 g/mol. The number of carbonyl (C=O) groups is 1. The highest BCUT2D eigenvalue weighted by Crippen LogP contribution is 2.58. The Kier molecular flexibility index (Phi) is 3.90. The molecule has 7 heteroatoms. The van der Waals surface area contributed by atoms with Crippen molar-refractivity contribution in [3.05, 3.63) is 0 Å². The minimum atomic E-state index is -3.59. The highest BCUT2D eigenvalue weighted by molar-refractivity contribution is 7.86. The largest absolute Gasteiger partial charge is 0.469 e. The second-order valence-electron chi connectivity index (χ2n) is 6.14. The SMILES string of the molecule is COC(=O)[C@H]1CCC[C@]2(C)[C@H](OS(C)(=O)=O)CC[C@]12O. The maximum atomic E-state index is 11.9. The molecule has 2 rings (SSSR count). The second kappa shape index (κ2) is 4.96. The van der Waals surface area contributed by atoms with Gasteiger partial charge in [-0.05, 0) is 25.7 Å². The normalized spacial score (nSPS) is 41.2. The van der Waals surface area contributed by atoms with Crippen molar-refractivity contribution in [1.82, 2.24) is 0 Å². The van der Waals surface area contributed by atoms with Crippen molar-refractivity contribution in [3.8, 4) is 0 Å². The van der Waals surface area contributed by atoms with Crippen LogP contribution in [0.4, 0.5) is 0 Å². The molecule has 6 nitrogen and oxygen atoms in total. The first-order valence-corrected chi connectivity index (χ1v) is 8.64. The van der Waals surface area contributed by atoms with Gasteiger partial charge >= 0.3 is 5.97 Å². The van der Waals surface area contributed by atoms with E-state index in [1.54, 1.807) is 0 Å². The third-order valence-corrected chi connectivity index (χ3v) is 5.61. The van der Waals surface area contributed by atoms with E-state index in [-0.39, 0.29) is 0 Å². The molecule has 0 aliphatic heterocycles. The Morgan fingerprint density at radius 2 is 1.95 bits per heavy atom. The van der Waals surface area contributed by atoms with Crippen molar-refractivity contribution >= 4 is 16.1 Å². The number of hydrogen-bond acceptors (Lipinski definition) is 6. The van der Waals surface area contributed by atoms with Crippen LogP contribution in [0, 0.1) is 11.3 Å². The molecule has 2 aliphatic carbocycles. The van der Waals surface area contributed by atoms with Crippen molar-refractivity contribution < 1.29 is 27.2 Å². The molecule has 0 aromatic rings. The van der Waals surface area contributed by atoms with Crippen molar-refractivity contribution in [3.63, 3.8) is 0 Å². The van der Waals surface area contributed by atoms with Gasteiger partial charge in [-0.2, -0.15) is 8.42 Å². The third kappa shape index (κ3) is 2.35. The summed E-state index contributed by atoms with van der Waals surface area (Å²) in [5.41, 5.74) is -2.00. The minimum absolute atomic E-state index is 0.351. The number of aliphatic hydroxyl groups is 1. The highest BCUT2D eigenvalue weighted by atomic mass is 32.2. The van der Waals surface area contributed by atoms with Crippen LogP contribution in [0.1, 0.15) is 39.0 Å². The Bertz CT molecular complexity index is 501. The van der Waals surface area contributed by atoms with Gasteiger partial charge in [-0.1, -0.05) is 13.3 Å². The number of ether oxygens (including phenoxy) is 1. The summed E-state index contributed by atoms with van der Waals surface area (Å²) < 4.78 is 32.7. The molecule has 0 radical (unpaired) electrons. The van der Waals surface area contributed by atoms with Gasteiger partial charge in [0.1, 0.15) is 0 Å². The Labute approximate surface area is 119 Å². The molecule has 2 fully saturated rings. The fraction of sp³-hybridized carbons (Fsp3) is 0.923. The zero-order chi connectivity index (χ0) is 15.2. The number of esters is 1. The van der Waals surface area contributed by atoms with Crippen LogP contribution < -0.4 is 0 Å². The Morgan fingerprint density at radius 1 is 1.30 bits per heavy atom. The maximum absolute atomic E-state index is 11.9. The molecule has 2 saturated carbocycles. The van der Waals surface area contributed by atoms with Crippen LogP contribution in [0.25, 0.3) is 0 Å². The van der Waals surface area contributed by atoms with Gasteiger partial charge in [0.15, 0.2) is 0 Å². The lowest BCUT2D eigenvalue weighted by molar-refractivity contribution is -0.181. The minimum Gasteiger partial charge on any atom is -0.469 e. The van der Waals surface area contributed by atoms with Crippen LogP contribution in [0.15, 0.2) is 0 Å². The molecule has 0 unspecified atom stereocenters. The molecule has 0 heterocycles. The number of rotatable bonds is 3. The molecular formula is C13H22O6S. The first kappa shape index (κ1) is 15.7. The molecule has 4 atom stereocenters. The molecule has 0 bridgehead atoms. The van der Waals surface area contributed by atoms with Crippen molar-refractivity contribution in [2.75, 3.05) is 13.4 Å². The van der Waals surface area contributed by atoms with E-state index in [4.69, 9.17) is 8.92 Å². The average Bonchev–Trinajstić information content (AvgIpc) is 2.59. The second-order valence-corrected chi connectivity index (χ2v) is 7.74. The first-order chi connectivity index (χ1) is 9.14. The molecule has 0 aromatic carbocycles. The molecule has 20 heavy (non-hydrogen) atoms. The molecule has 0 aromatic heterocycles. The molecule has 116 valence electrons. The highest BCUT2D eigenvalue weighted by Gasteiger charge is 2.64. The predicted molar refractivity (Wildman–Crippen MR) is 71.4 cm³/mol. The van der Waals surface area contributed by atoms with Crippen molar-refractivity contribution in [2.24, 2.45) is 11.3 Å².